The lowest BCUT2D eigenvalue weighted by Crippen LogP contribution is -2.24. The highest BCUT2D eigenvalue weighted by atomic mass is 19.1. The van der Waals surface area contributed by atoms with Crippen molar-refractivity contribution in [3.05, 3.63) is 58.9 Å². The van der Waals surface area contributed by atoms with Crippen molar-refractivity contribution in [3.63, 3.8) is 0 Å². The Labute approximate surface area is 122 Å². The van der Waals surface area contributed by atoms with Gasteiger partial charge in [0.25, 0.3) is 0 Å². The molecular weight excluding hydrogens is 269 g/mol. The smallest absolute Gasteiger partial charge is 0.126 e. The Kier molecular flexibility index (Phi) is 2.86. The first-order valence-electron chi connectivity index (χ1n) is 7.18. The zero-order valence-corrected chi connectivity index (χ0v) is 11.5. The molecule has 3 nitrogen and oxygen atoms in total. The van der Waals surface area contributed by atoms with Gasteiger partial charge >= 0.3 is 0 Å². The van der Waals surface area contributed by atoms with E-state index in [0.29, 0.717) is 12.2 Å². The molecule has 0 aromatic heterocycles. The number of halogens is 1. The normalized spacial score (nSPS) is 23.0. The van der Waals surface area contributed by atoms with Crippen LogP contribution in [0, 0.1) is 5.82 Å². The van der Waals surface area contributed by atoms with Crippen molar-refractivity contribution in [1.82, 2.24) is 0 Å². The maximum Gasteiger partial charge on any atom is 0.126 e. The minimum absolute atomic E-state index is 0.0936. The first kappa shape index (κ1) is 12.7. The summed E-state index contributed by atoms with van der Waals surface area (Å²) in [5, 5.41) is 0. The average Bonchev–Trinajstić information content (AvgIpc) is 2.95. The van der Waals surface area contributed by atoms with Crippen LogP contribution >= 0.6 is 0 Å². The third-order valence-corrected chi connectivity index (χ3v) is 4.19. The quantitative estimate of drug-likeness (QED) is 0.874. The molecule has 4 rings (SSSR count). The van der Waals surface area contributed by atoms with E-state index in [1.165, 1.54) is 17.7 Å². The number of benzene rings is 2. The molecule has 0 saturated carbocycles. The van der Waals surface area contributed by atoms with Crippen molar-refractivity contribution < 1.29 is 13.9 Å². The lowest BCUT2D eigenvalue weighted by atomic mass is 9.92. The fourth-order valence-corrected chi connectivity index (χ4v) is 3.09. The molecule has 4 heteroatoms. The molecule has 2 aliphatic heterocycles. The first-order chi connectivity index (χ1) is 10.2. The van der Waals surface area contributed by atoms with Gasteiger partial charge in [0.15, 0.2) is 0 Å². The Morgan fingerprint density at radius 1 is 1.10 bits per heavy atom. The van der Waals surface area contributed by atoms with Gasteiger partial charge in [-0.25, -0.2) is 4.39 Å². The van der Waals surface area contributed by atoms with Crippen molar-refractivity contribution in [2.24, 2.45) is 5.73 Å². The van der Waals surface area contributed by atoms with Crippen molar-refractivity contribution in [2.45, 2.75) is 25.0 Å². The van der Waals surface area contributed by atoms with Gasteiger partial charge in [-0.15, -0.1) is 0 Å². The van der Waals surface area contributed by atoms with Crippen LogP contribution < -0.4 is 15.2 Å². The summed E-state index contributed by atoms with van der Waals surface area (Å²) in [4.78, 5) is 0. The fraction of sp³-hybridized carbons (Fsp3) is 0.294. The number of hydrogen-bond donors (Lipinski definition) is 1. The number of rotatable bonds is 1. The SMILES string of the molecule is NC1CC(c2ccc3c(c2)CCO3)Oc2ccc(F)cc21. The lowest BCUT2D eigenvalue weighted by molar-refractivity contribution is 0.161. The molecule has 0 bridgehead atoms. The molecule has 108 valence electrons. The summed E-state index contributed by atoms with van der Waals surface area (Å²) in [5.41, 5.74) is 9.25. The van der Waals surface area contributed by atoms with Gasteiger partial charge in [-0.05, 0) is 41.5 Å². The average molecular weight is 285 g/mol. The third kappa shape index (κ3) is 2.16. The summed E-state index contributed by atoms with van der Waals surface area (Å²) in [5.74, 6) is 1.36. The first-order valence-corrected chi connectivity index (χ1v) is 7.18. The minimum Gasteiger partial charge on any atom is -0.493 e. The van der Waals surface area contributed by atoms with E-state index in [1.54, 1.807) is 6.07 Å². The molecule has 21 heavy (non-hydrogen) atoms. The van der Waals surface area contributed by atoms with E-state index in [-0.39, 0.29) is 18.0 Å². The van der Waals surface area contributed by atoms with Crippen LogP contribution in [0.15, 0.2) is 36.4 Å². The summed E-state index contributed by atoms with van der Waals surface area (Å²) < 4.78 is 24.9. The van der Waals surface area contributed by atoms with Crippen molar-refractivity contribution in [3.8, 4) is 11.5 Å². The van der Waals surface area contributed by atoms with E-state index in [0.717, 1.165) is 29.9 Å². The summed E-state index contributed by atoms with van der Waals surface area (Å²) in [6.07, 6.45) is 1.49. The number of hydrogen-bond acceptors (Lipinski definition) is 3. The van der Waals surface area contributed by atoms with E-state index in [2.05, 4.69) is 6.07 Å². The third-order valence-electron chi connectivity index (χ3n) is 4.19. The molecule has 0 radical (unpaired) electrons. The Morgan fingerprint density at radius 3 is 2.86 bits per heavy atom. The van der Waals surface area contributed by atoms with Crippen molar-refractivity contribution in [2.75, 3.05) is 6.61 Å². The lowest BCUT2D eigenvalue weighted by Gasteiger charge is -2.30. The van der Waals surface area contributed by atoms with Gasteiger partial charge < -0.3 is 15.2 Å². The highest BCUT2D eigenvalue weighted by molar-refractivity contribution is 5.43. The van der Waals surface area contributed by atoms with Crippen LogP contribution in [0.25, 0.3) is 0 Å². The molecule has 2 N–H and O–H groups in total. The molecule has 2 unspecified atom stereocenters. The zero-order chi connectivity index (χ0) is 14.4. The van der Waals surface area contributed by atoms with Crippen LogP contribution in [0.2, 0.25) is 0 Å². The summed E-state index contributed by atoms with van der Waals surface area (Å²) in [7, 11) is 0. The molecule has 2 heterocycles. The number of ether oxygens (including phenoxy) is 2. The Bertz CT molecular complexity index is 701. The second-order valence-corrected chi connectivity index (χ2v) is 5.60. The van der Waals surface area contributed by atoms with E-state index >= 15 is 0 Å². The molecule has 0 amide bonds. The van der Waals surface area contributed by atoms with Crippen molar-refractivity contribution in [1.29, 1.82) is 0 Å². The molecule has 2 aliphatic rings. The maximum atomic E-state index is 13.3. The van der Waals surface area contributed by atoms with Gasteiger partial charge in [-0.1, -0.05) is 6.07 Å². The van der Waals surface area contributed by atoms with Crippen LogP contribution in [0.5, 0.6) is 11.5 Å². The van der Waals surface area contributed by atoms with Crippen LogP contribution in [-0.2, 0) is 6.42 Å². The number of fused-ring (bicyclic) bond motifs is 2. The topological polar surface area (TPSA) is 44.5 Å². The molecule has 2 atom stereocenters. The minimum atomic E-state index is -0.277. The molecule has 2 aromatic rings. The standard InChI is InChI=1S/C17H16FNO2/c18-12-2-4-16-13(8-12)14(19)9-17(21-16)10-1-3-15-11(7-10)5-6-20-15/h1-4,7-8,14,17H,5-6,9,19H2. The fourth-order valence-electron chi connectivity index (χ4n) is 3.09. The van der Waals surface area contributed by atoms with Gasteiger partial charge in [-0.3, -0.25) is 0 Å². The largest absolute Gasteiger partial charge is 0.493 e. The highest BCUT2D eigenvalue weighted by Gasteiger charge is 2.28. The molecule has 2 aromatic carbocycles. The molecule has 0 saturated heterocycles. The van der Waals surface area contributed by atoms with Gasteiger partial charge in [0.1, 0.15) is 23.4 Å². The van der Waals surface area contributed by atoms with Crippen LogP contribution in [0.1, 0.15) is 35.3 Å². The molecule has 0 fully saturated rings. The molecular formula is C17H16FNO2. The van der Waals surface area contributed by atoms with E-state index in [9.17, 15) is 4.39 Å². The molecule has 0 spiro atoms. The van der Waals surface area contributed by atoms with Crippen LogP contribution in [-0.4, -0.2) is 6.61 Å². The Balaban J connectivity index is 1.67. The van der Waals surface area contributed by atoms with Crippen LogP contribution in [0.3, 0.4) is 0 Å². The second-order valence-electron chi connectivity index (χ2n) is 5.60. The monoisotopic (exact) mass is 285 g/mol. The van der Waals surface area contributed by atoms with Gasteiger partial charge in [0.05, 0.1) is 6.61 Å². The number of nitrogens with two attached hydrogens (primary N) is 1. The summed E-state index contributed by atoms with van der Waals surface area (Å²) >= 11 is 0. The van der Waals surface area contributed by atoms with E-state index in [4.69, 9.17) is 15.2 Å². The van der Waals surface area contributed by atoms with Gasteiger partial charge in [0.2, 0.25) is 0 Å². The van der Waals surface area contributed by atoms with Crippen molar-refractivity contribution >= 4 is 0 Å². The maximum absolute atomic E-state index is 13.3. The van der Waals surface area contributed by atoms with Gasteiger partial charge in [-0.2, -0.15) is 0 Å². The van der Waals surface area contributed by atoms with E-state index < -0.39 is 0 Å². The predicted molar refractivity (Wildman–Crippen MR) is 77.0 cm³/mol. The summed E-state index contributed by atoms with van der Waals surface area (Å²) in [6.45, 7) is 0.742. The Hall–Kier alpha value is -2.07. The van der Waals surface area contributed by atoms with E-state index in [1.807, 2.05) is 12.1 Å². The predicted octanol–water partition coefficient (Wildman–Crippen LogP) is 3.28. The molecule has 0 aliphatic carbocycles. The van der Waals surface area contributed by atoms with Crippen LogP contribution in [0.4, 0.5) is 4.39 Å². The zero-order valence-electron chi connectivity index (χ0n) is 11.5. The van der Waals surface area contributed by atoms with Gasteiger partial charge in [0, 0.05) is 24.4 Å². The highest BCUT2D eigenvalue weighted by Crippen LogP contribution is 2.41. The Morgan fingerprint density at radius 2 is 1.95 bits per heavy atom. The second kappa shape index (κ2) is 4.74. The summed E-state index contributed by atoms with van der Waals surface area (Å²) in [6, 6.07) is 10.5.